The van der Waals surface area contributed by atoms with E-state index in [0.29, 0.717) is 13.1 Å². The monoisotopic (exact) mass is 324 g/mol. The molecular weight excluding hydrogens is 304 g/mol. The lowest BCUT2D eigenvalue weighted by molar-refractivity contribution is 0.0770. The minimum Gasteiger partial charge on any atom is -0.489 e. The van der Waals surface area contributed by atoms with Crippen LogP contribution in [0.25, 0.3) is 0 Å². The number of pyridine rings is 1. The zero-order valence-electron chi connectivity index (χ0n) is 13.5. The van der Waals surface area contributed by atoms with Gasteiger partial charge in [-0.2, -0.15) is 0 Å². The number of hydrogen-bond donors (Lipinski definition) is 1. The first kappa shape index (κ1) is 15.0. The van der Waals surface area contributed by atoms with E-state index in [1.54, 1.807) is 11.0 Å². The first-order chi connectivity index (χ1) is 11.7. The van der Waals surface area contributed by atoms with Gasteiger partial charge in [-0.3, -0.25) is 9.59 Å². The molecule has 1 N–H and O–H groups in total. The number of benzene rings is 1. The summed E-state index contributed by atoms with van der Waals surface area (Å²) in [5.74, 6) is 0.622. The molecule has 2 heterocycles. The predicted molar refractivity (Wildman–Crippen MR) is 90.5 cm³/mol. The van der Waals surface area contributed by atoms with Gasteiger partial charge in [0, 0.05) is 18.7 Å². The fraction of sp³-hybridized carbons (Fsp3) is 0.368. The minimum absolute atomic E-state index is 0.0233. The number of likely N-dealkylation sites (tertiary alicyclic amines) is 1. The molecule has 0 bridgehead atoms. The average Bonchev–Trinajstić information content (AvgIpc) is 3.23. The highest BCUT2D eigenvalue weighted by molar-refractivity contribution is 5.94. The van der Waals surface area contributed by atoms with E-state index in [1.165, 1.54) is 0 Å². The molecule has 1 aliphatic heterocycles. The van der Waals surface area contributed by atoms with Crippen molar-refractivity contribution < 1.29 is 9.53 Å². The summed E-state index contributed by atoms with van der Waals surface area (Å²) < 4.78 is 5.92. The number of carbonyl (C=O) groups excluding carboxylic acids is 1. The number of amides is 1. The molecule has 0 saturated carbocycles. The van der Waals surface area contributed by atoms with Gasteiger partial charge in [0.05, 0.1) is 6.54 Å². The van der Waals surface area contributed by atoms with Crippen molar-refractivity contribution in [1.29, 1.82) is 0 Å². The van der Waals surface area contributed by atoms with Crippen LogP contribution in [0.4, 0.5) is 0 Å². The highest BCUT2D eigenvalue weighted by atomic mass is 16.5. The number of rotatable bonds is 3. The van der Waals surface area contributed by atoms with Crippen LogP contribution in [0.2, 0.25) is 0 Å². The molecule has 124 valence electrons. The SMILES string of the molecule is O=C(c1cc2c([nH]c1=O)CCC2)N1CC[C@@H](Oc2ccccc2)C1. The van der Waals surface area contributed by atoms with Crippen molar-refractivity contribution in [3.05, 3.63) is 63.6 Å². The van der Waals surface area contributed by atoms with Gasteiger partial charge >= 0.3 is 0 Å². The smallest absolute Gasteiger partial charge is 0.261 e. The maximum atomic E-state index is 12.7. The number of nitrogens with zero attached hydrogens (tertiary/aromatic N) is 1. The summed E-state index contributed by atoms with van der Waals surface area (Å²) in [6.45, 7) is 1.14. The standard InChI is InChI=1S/C19H20N2O3/c22-18-16(11-13-5-4-8-17(13)20-18)19(23)21-10-9-15(12-21)24-14-6-2-1-3-7-14/h1-3,6-7,11,15H,4-5,8-10,12H2,(H,20,22)/t15-/m1/s1. The Bertz CT molecular complexity index is 813. The van der Waals surface area contributed by atoms with Crippen molar-refractivity contribution in [1.82, 2.24) is 9.88 Å². The van der Waals surface area contributed by atoms with Gasteiger partial charge in [-0.05, 0) is 43.0 Å². The summed E-state index contributed by atoms with van der Waals surface area (Å²) in [5, 5.41) is 0. The lowest BCUT2D eigenvalue weighted by Gasteiger charge is -2.17. The Labute approximate surface area is 140 Å². The Morgan fingerprint density at radius 3 is 2.88 bits per heavy atom. The van der Waals surface area contributed by atoms with Gasteiger partial charge in [-0.1, -0.05) is 18.2 Å². The fourth-order valence-electron chi connectivity index (χ4n) is 3.54. The van der Waals surface area contributed by atoms with E-state index in [2.05, 4.69) is 4.98 Å². The lowest BCUT2D eigenvalue weighted by Crippen LogP contribution is -2.34. The number of aromatic amines is 1. The van der Waals surface area contributed by atoms with Crippen molar-refractivity contribution in [3.8, 4) is 5.75 Å². The maximum absolute atomic E-state index is 12.7. The van der Waals surface area contributed by atoms with Gasteiger partial charge in [0.2, 0.25) is 0 Å². The van der Waals surface area contributed by atoms with E-state index in [0.717, 1.165) is 42.7 Å². The summed E-state index contributed by atoms with van der Waals surface area (Å²) >= 11 is 0. The molecule has 1 amide bonds. The second kappa shape index (κ2) is 6.15. The molecule has 1 aromatic heterocycles. The molecule has 0 spiro atoms. The molecular formula is C19H20N2O3. The Morgan fingerprint density at radius 2 is 2.04 bits per heavy atom. The number of aryl methyl sites for hydroxylation is 2. The number of fused-ring (bicyclic) bond motifs is 1. The molecule has 24 heavy (non-hydrogen) atoms. The van der Waals surface area contributed by atoms with Crippen LogP contribution in [0.1, 0.15) is 34.5 Å². The third-order valence-corrected chi connectivity index (χ3v) is 4.80. The summed E-state index contributed by atoms with van der Waals surface area (Å²) in [4.78, 5) is 29.5. The first-order valence-corrected chi connectivity index (χ1v) is 8.47. The highest BCUT2D eigenvalue weighted by Gasteiger charge is 2.30. The number of aromatic nitrogens is 1. The van der Waals surface area contributed by atoms with Crippen LogP contribution in [-0.2, 0) is 12.8 Å². The zero-order valence-corrected chi connectivity index (χ0v) is 13.5. The van der Waals surface area contributed by atoms with E-state index in [-0.39, 0.29) is 23.1 Å². The predicted octanol–water partition coefficient (Wildman–Crippen LogP) is 2.16. The number of hydrogen-bond acceptors (Lipinski definition) is 3. The van der Waals surface area contributed by atoms with Gasteiger partial charge in [-0.15, -0.1) is 0 Å². The molecule has 1 aliphatic carbocycles. The van der Waals surface area contributed by atoms with Crippen molar-refractivity contribution in [2.45, 2.75) is 31.8 Å². The van der Waals surface area contributed by atoms with Crippen LogP contribution in [0.15, 0.2) is 41.2 Å². The quantitative estimate of drug-likeness (QED) is 0.941. The van der Waals surface area contributed by atoms with Crippen LogP contribution < -0.4 is 10.3 Å². The van der Waals surface area contributed by atoms with Crippen LogP contribution >= 0.6 is 0 Å². The Morgan fingerprint density at radius 1 is 1.21 bits per heavy atom. The molecule has 4 rings (SSSR count). The summed E-state index contributed by atoms with van der Waals surface area (Å²) in [6, 6.07) is 11.4. The van der Waals surface area contributed by atoms with Crippen LogP contribution in [0, 0.1) is 0 Å². The first-order valence-electron chi connectivity index (χ1n) is 8.47. The molecule has 1 aromatic carbocycles. The normalized spacial score (nSPS) is 19.3. The van der Waals surface area contributed by atoms with Crippen molar-refractivity contribution >= 4 is 5.91 Å². The third kappa shape index (κ3) is 2.82. The van der Waals surface area contributed by atoms with Crippen molar-refractivity contribution in [3.63, 3.8) is 0 Å². The molecule has 2 aliphatic rings. The van der Waals surface area contributed by atoms with E-state index in [4.69, 9.17) is 4.74 Å². The number of ether oxygens (including phenoxy) is 1. The van der Waals surface area contributed by atoms with E-state index >= 15 is 0 Å². The number of para-hydroxylation sites is 1. The van der Waals surface area contributed by atoms with Crippen LogP contribution in [-0.4, -0.2) is 35.0 Å². The lowest BCUT2D eigenvalue weighted by atomic mass is 10.1. The minimum atomic E-state index is -0.270. The Kier molecular flexibility index (Phi) is 3.84. The number of carbonyl (C=O) groups is 1. The van der Waals surface area contributed by atoms with Crippen LogP contribution in [0.5, 0.6) is 5.75 Å². The summed E-state index contributed by atoms with van der Waals surface area (Å²) in [5.41, 5.74) is 2.08. The molecule has 1 atom stereocenters. The van der Waals surface area contributed by atoms with Gasteiger partial charge in [-0.25, -0.2) is 0 Å². The molecule has 5 nitrogen and oxygen atoms in total. The topological polar surface area (TPSA) is 62.4 Å². The average molecular weight is 324 g/mol. The Hall–Kier alpha value is -2.56. The van der Waals surface area contributed by atoms with Gasteiger partial charge in [0.25, 0.3) is 11.5 Å². The fourth-order valence-corrected chi connectivity index (χ4v) is 3.54. The molecule has 0 radical (unpaired) electrons. The molecule has 1 fully saturated rings. The summed E-state index contributed by atoms with van der Waals surface area (Å²) in [7, 11) is 0. The second-order valence-corrected chi connectivity index (χ2v) is 6.46. The van der Waals surface area contributed by atoms with E-state index in [9.17, 15) is 9.59 Å². The molecule has 5 heteroatoms. The van der Waals surface area contributed by atoms with E-state index in [1.807, 2.05) is 30.3 Å². The second-order valence-electron chi connectivity index (χ2n) is 6.46. The Balaban J connectivity index is 1.47. The van der Waals surface area contributed by atoms with E-state index < -0.39 is 0 Å². The highest BCUT2D eigenvalue weighted by Crippen LogP contribution is 2.22. The number of H-pyrrole nitrogens is 1. The third-order valence-electron chi connectivity index (χ3n) is 4.80. The zero-order chi connectivity index (χ0) is 16.5. The maximum Gasteiger partial charge on any atom is 0.261 e. The van der Waals surface area contributed by atoms with Crippen molar-refractivity contribution in [2.75, 3.05) is 13.1 Å². The van der Waals surface area contributed by atoms with Crippen molar-refractivity contribution in [2.24, 2.45) is 0 Å². The van der Waals surface area contributed by atoms with Gasteiger partial charge in [0.15, 0.2) is 0 Å². The van der Waals surface area contributed by atoms with Gasteiger partial charge < -0.3 is 14.6 Å². The largest absolute Gasteiger partial charge is 0.489 e. The molecule has 0 unspecified atom stereocenters. The van der Waals surface area contributed by atoms with Gasteiger partial charge in [0.1, 0.15) is 17.4 Å². The molecule has 2 aromatic rings. The number of nitrogens with one attached hydrogen (secondary N) is 1. The molecule has 1 saturated heterocycles. The summed E-state index contributed by atoms with van der Waals surface area (Å²) in [6.07, 6.45) is 3.63. The van der Waals surface area contributed by atoms with Crippen LogP contribution in [0.3, 0.4) is 0 Å².